The van der Waals surface area contributed by atoms with Crippen LogP contribution in [0.4, 0.5) is 0 Å². The van der Waals surface area contributed by atoms with Gasteiger partial charge in [-0.15, -0.1) is 0 Å². The zero-order valence-electron chi connectivity index (χ0n) is 12.7. The molecule has 1 heterocycles. The number of para-hydroxylation sites is 1. The first kappa shape index (κ1) is 14.6. The van der Waals surface area contributed by atoms with Gasteiger partial charge in [-0.3, -0.25) is 4.68 Å². The van der Waals surface area contributed by atoms with Gasteiger partial charge in [0.05, 0.1) is 24.0 Å². The fourth-order valence-corrected chi connectivity index (χ4v) is 2.46. The van der Waals surface area contributed by atoms with Crippen LogP contribution in [-0.4, -0.2) is 23.4 Å². The molecule has 0 amide bonds. The number of nitrogens with one attached hydrogen (secondary N) is 1. The second-order valence-electron chi connectivity index (χ2n) is 4.73. The lowest BCUT2D eigenvalue weighted by Crippen LogP contribution is -2.21. The first-order valence-corrected chi connectivity index (χ1v) is 7.13. The molecule has 0 radical (unpaired) electrons. The minimum Gasteiger partial charge on any atom is -0.494 e. The molecule has 20 heavy (non-hydrogen) atoms. The summed E-state index contributed by atoms with van der Waals surface area (Å²) in [5.41, 5.74) is 3.40. The summed E-state index contributed by atoms with van der Waals surface area (Å²) in [6.45, 7) is 4.79. The molecular formula is C16H23N3O. The molecule has 2 aromatic rings. The van der Waals surface area contributed by atoms with Gasteiger partial charge in [0.2, 0.25) is 0 Å². The number of nitrogens with zero attached hydrogens (tertiary/aromatic N) is 2. The molecule has 1 unspecified atom stereocenters. The van der Waals surface area contributed by atoms with Crippen molar-refractivity contribution in [1.82, 2.24) is 15.1 Å². The van der Waals surface area contributed by atoms with E-state index < -0.39 is 0 Å². The number of rotatable bonds is 6. The van der Waals surface area contributed by atoms with Gasteiger partial charge in [-0.25, -0.2) is 0 Å². The van der Waals surface area contributed by atoms with E-state index >= 15 is 0 Å². The maximum atomic E-state index is 5.74. The normalized spacial score (nSPS) is 12.4. The fraction of sp³-hybridized carbons (Fsp3) is 0.438. The molecule has 0 aliphatic heterocycles. The molecule has 1 N–H and O–H groups in total. The number of aryl methyl sites for hydroxylation is 2. The Morgan fingerprint density at radius 1 is 1.30 bits per heavy atom. The average molecular weight is 273 g/mol. The third-order valence-corrected chi connectivity index (χ3v) is 3.44. The smallest absolute Gasteiger partial charge is 0.124 e. The Balaban J connectivity index is 2.43. The largest absolute Gasteiger partial charge is 0.494 e. The van der Waals surface area contributed by atoms with E-state index in [0.717, 1.165) is 29.1 Å². The van der Waals surface area contributed by atoms with E-state index in [-0.39, 0.29) is 6.04 Å². The summed E-state index contributed by atoms with van der Waals surface area (Å²) in [4.78, 5) is 0. The van der Waals surface area contributed by atoms with Crippen LogP contribution in [0, 0.1) is 0 Å². The number of ether oxygens (including phenoxy) is 1. The standard InChI is InChI=1S/C16H23N3O/c1-5-12-11-14(19(4)18-12)16(17-3)13-9-7-8-10-15(13)20-6-2/h7-11,16-17H,5-6H2,1-4H3. The van der Waals surface area contributed by atoms with Gasteiger partial charge in [-0.05, 0) is 32.5 Å². The first-order chi connectivity index (χ1) is 9.71. The fourth-order valence-electron chi connectivity index (χ4n) is 2.46. The summed E-state index contributed by atoms with van der Waals surface area (Å²) in [7, 11) is 3.95. The van der Waals surface area contributed by atoms with Crippen LogP contribution in [0.3, 0.4) is 0 Å². The van der Waals surface area contributed by atoms with Gasteiger partial charge in [-0.1, -0.05) is 25.1 Å². The minimum absolute atomic E-state index is 0.0792. The Hall–Kier alpha value is -1.81. The third-order valence-electron chi connectivity index (χ3n) is 3.44. The summed E-state index contributed by atoms with van der Waals surface area (Å²) >= 11 is 0. The van der Waals surface area contributed by atoms with Crippen LogP contribution in [0.15, 0.2) is 30.3 Å². The monoisotopic (exact) mass is 273 g/mol. The van der Waals surface area contributed by atoms with Crippen LogP contribution in [0.2, 0.25) is 0 Å². The quantitative estimate of drug-likeness (QED) is 0.879. The Morgan fingerprint density at radius 2 is 2.05 bits per heavy atom. The summed E-state index contributed by atoms with van der Waals surface area (Å²) in [5, 5.41) is 7.91. The molecule has 1 atom stereocenters. The SMILES string of the molecule is CCOc1ccccc1C(NC)c1cc(CC)nn1C. The number of benzene rings is 1. The molecule has 4 nitrogen and oxygen atoms in total. The van der Waals surface area contributed by atoms with Gasteiger partial charge in [0, 0.05) is 12.6 Å². The molecule has 2 rings (SSSR count). The zero-order chi connectivity index (χ0) is 14.5. The van der Waals surface area contributed by atoms with Crippen molar-refractivity contribution in [3.05, 3.63) is 47.3 Å². The lowest BCUT2D eigenvalue weighted by atomic mass is 10.0. The van der Waals surface area contributed by atoms with Crippen LogP contribution >= 0.6 is 0 Å². The lowest BCUT2D eigenvalue weighted by molar-refractivity contribution is 0.333. The number of hydrogen-bond acceptors (Lipinski definition) is 3. The maximum absolute atomic E-state index is 5.74. The first-order valence-electron chi connectivity index (χ1n) is 7.13. The van der Waals surface area contributed by atoms with Crippen molar-refractivity contribution in [2.24, 2.45) is 7.05 Å². The van der Waals surface area contributed by atoms with Gasteiger partial charge in [0.15, 0.2) is 0 Å². The van der Waals surface area contributed by atoms with E-state index in [2.05, 4.69) is 29.5 Å². The molecule has 0 fully saturated rings. The van der Waals surface area contributed by atoms with Crippen LogP contribution in [-0.2, 0) is 13.5 Å². The summed E-state index contributed by atoms with van der Waals surface area (Å²) < 4.78 is 7.69. The lowest BCUT2D eigenvalue weighted by Gasteiger charge is -2.20. The zero-order valence-corrected chi connectivity index (χ0v) is 12.7. The van der Waals surface area contributed by atoms with Crippen molar-refractivity contribution in [2.45, 2.75) is 26.3 Å². The molecule has 108 valence electrons. The highest BCUT2D eigenvalue weighted by Crippen LogP contribution is 2.30. The van der Waals surface area contributed by atoms with E-state index in [4.69, 9.17) is 4.74 Å². The van der Waals surface area contributed by atoms with Crippen molar-refractivity contribution in [2.75, 3.05) is 13.7 Å². The van der Waals surface area contributed by atoms with E-state index in [9.17, 15) is 0 Å². The van der Waals surface area contributed by atoms with Gasteiger partial charge < -0.3 is 10.1 Å². The molecule has 0 aliphatic rings. The van der Waals surface area contributed by atoms with Gasteiger partial charge in [-0.2, -0.15) is 5.10 Å². The molecule has 1 aromatic carbocycles. The van der Waals surface area contributed by atoms with Crippen LogP contribution in [0.5, 0.6) is 5.75 Å². The Morgan fingerprint density at radius 3 is 2.65 bits per heavy atom. The topological polar surface area (TPSA) is 39.1 Å². The van der Waals surface area contributed by atoms with Crippen molar-refractivity contribution < 1.29 is 4.74 Å². The highest BCUT2D eigenvalue weighted by Gasteiger charge is 2.20. The number of aromatic nitrogens is 2. The summed E-state index contributed by atoms with van der Waals surface area (Å²) in [5.74, 6) is 0.925. The summed E-state index contributed by atoms with van der Waals surface area (Å²) in [6, 6.07) is 10.4. The molecular weight excluding hydrogens is 250 g/mol. The molecule has 0 saturated carbocycles. The highest BCUT2D eigenvalue weighted by molar-refractivity contribution is 5.40. The van der Waals surface area contributed by atoms with E-state index in [1.165, 1.54) is 0 Å². The predicted octanol–water partition coefficient (Wildman–Crippen LogP) is 2.69. The molecule has 0 saturated heterocycles. The van der Waals surface area contributed by atoms with Crippen molar-refractivity contribution in [3.63, 3.8) is 0 Å². The average Bonchev–Trinajstić information content (AvgIpc) is 2.83. The second-order valence-corrected chi connectivity index (χ2v) is 4.73. The Bertz CT molecular complexity index is 563. The van der Waals surface area contributed by atoms with Gasteiger partial charge in [0.25, 0.3) is 0 Å². The van der Waals surface area contributed by atoms with Gasteiger partial charge in [0.1, 0.15) is 5.75 Å². The Kier molecular flexibility index (Phi) is 4.79. The van der Waals surface area contributed by atoms with Gasteiger partial charge >= 0.3 is 0 Å². The molecule has 0 spiro atoms. The number of hydrogen-bond donors (Lipinski definition) is 1. The Labute approximate surface area is 120 Å². The van der Waals surface area contributed by atoms with E-state index in [1.807, 2.05) is 43.9 Å². The van der Waals surface area contributed by atoms with Crippen molar-refractivity contribution in [3.8, 4) is 5.75 Å². The minimum atomic E-state index is 0.0792. The van der Waals surface area contributed by atoms with E-state index in [0.29, 0.717) is 6.61 Å². The summed E-state index contributed by atoms with van der Waals surface area (Å²) in [6.07, 6.45) is 0.942. The third kappa shape index (κ3) is 2.85. The predicted molar refractivity (Wildman–Crippen MR) is 81.1 cm³/mol. The molecule has 0 aliphatic carbocycles. The highest BCUT2D eigenvalue weighted by atomic mass is 16.5. The van der Waals surface area contributed by atoms with Crippen LogP contribution in [0.1, 0.15) is 36.8 Å². The van der Waals surface area contributed by atoms with E-state index in [1.54, 1.807) is 0 Å². The second kappa shape index (κ2) is 6.57. The van der Waals surface area contributed by atoms with Crippen LogP contribution < -0.4 is 10.1 Å². The van der Waals surface area contributed by atoms with Crippen molar-refractivity contribution >= 4 is 0 Å². The van der Waals surface area contributed by atoms with Crippen molar-refractivity contribution in [1.29, 1.82) is 0 Å². The van der Waals surface area contributed by atoms with Crippen LogP contribution in [0.25, 0.3) is 0 Å². The molecule has 0 bridgehead atoms. The molecule has 4 heteroatoms. The molecule has 1 aromatic heterocycles. The maximum Gasteiger partial charge on any atom is 0.124 e.